The highest BCUT2D eigenvalue weighted by Gasteiger charge is 2.36. The third-order valence-electron chi connectivity index (χ3n) is 3.72. The molecule has 0 spiro atoms. The summed E-state index contributed by atoms with van der Waals surface area (Å²) in [5, 5.41) is 7.50. The summed E-state index contributed by atoms with van der Waals surface area (Å²) in [5.41, 5.74) is 1.26. The number of aromatic nitrogens is 2. The van der Waals surface area contributed by atoms with Gasteiger partial charge in [-0.15, -0.1) is 12.4 Å². The van der Waals surface area contributed by atoms with Gasteiger partial charge in [-0.05, 0) is 27.7 Å². The van der Waals surface area contributed by atoms with Crippen molar-refractivity contribution in [2.45, 2.75) is 44.7 Å². The Labute approximate surface area is 127 Å². The highest BCUT2D eigenvalue weighted by molar-refractivity contribution is 7.89. The smallest absolute Gasteiger partial charge is 0.247 e. The van der Waals surface area contributed by atoms with Crippen LogP contribution < -0.4 is 5.32 Å². The fraction of sp³-hybridized carbons (Fsp3) is 0.750. The predicted octanol–water partition coefficient (Wildman–Crippen LogP) is 0.830. The zero-order valence-electron chi connectivity index (χ0n) is 12.5. The molecular formula is C12H23ClN4O2S. The van der Waals surface area contributed by atoms with Crippen LogP contribution in [0.1, 0.15) is 25.2 Å². The molecule has 1 aromatic heterocycles. The molecule has 2 atom stereocenters. The zero-order chi connectivity index (χ0) is 14.4. The second kappa shape index (κ2) is 6.01. The van der Waals surface area contributed by atoms with E-state index in [1.165, 1.54) is 0 Å². The molecule has 1 fully saturated rings. The van der Waals surface area contributed by atoms with E-state index < -0.39 is 10.0 Å². The molecule has 0 radical (unpaired) electrons. The van der Waals surface area contributed by atoms with Gasteiger partial charge >= 0.3 is 0 Å². The van der Waals surface area contributed by atoms with Gasteiger partial charge in [0.1, 0.15) is 4.90 Å². The topological polar surface area (TPSA) is 67.2 Å². The summed E-state index contributed by atoms with van der Waals surface area (Å²) < 4.78 is 28.9. The number of hydrogen-bond donors (Lipinski definition) is 1. The van der Waals surface area contributed by atoms with Gasteiger partial charge in [-0.25, -0.2) is 8.42 Å². The van der Waals surface area contributed by atoms with Crippen molar-refractivity contribution in [1.29, 1.82) is 0 Å². The molecule has 1 aliphatic heterocycles. The summed E-state index contributed by atoms with van der Waals surface area (Å²) in [6.45, 7) is 8.64. The number of rotatable bonds is 2. The maximum atomic E-state index is 12.8. The molecule has 116 valence electrons. The molecule has 2 heterocycles. The Morgan fingerprint density at radius 3 is 2.40 bits per heavy atom. The van der Waals surface area contributed by atoms with Crippen LogP contribution in [0.2, 0.25) is 0 Å². The SMILES string of the molecule is Cc1nn(C)c(C)c1S(=O)(=O)N1CC(C)NCC1C.Cl. The van der Waals surface area contributed by atoms with E-state index in [9.17, 15) is 8.42 Å². The van der Waals surface area contributed by atoms with Crippen molar-refractivity contribution < 1.29 is 8.42 Å². The molecule has 20 heavy (non-hydrogen) atoms. The van der Waals surface area contributed by atoms with E-state index in [2.05, 4.69) is 10.4 Å². The Morgan fingerprint density at radius 1 is 1.30 bits per heavy atom. The Morgan fingerprint density at radius 2 is 1.90 bits per heavy atom. The second-order valence-electron chi connectivity index (χ2n) is 5.36. The largest absolute Gasteiger partial charge is 0.311 e. The third kappa shape index (κ3) is 2.86. The van der Waals surface area contributed by atoms with Crippen molar-refractivity contribution in [1.82, 2.24) is 19.4 Å². The van der Waals surface area contributed by atoms with Crippen molar-refractivity contribution in [2.75, 3.05) is 13.1 Å². The van der Waals surface area contributed by atoms with Gasteiger partial charge in [0, 0.05) is 32.2 Å². The fourth-order valence-corrected chi connectivity index (χ4v) is 4.69. The first kappa shape index (κ1) is 17.4. The van der Waals surface area contributed by atoms with Crippen LogP contribution in [0.3, 0.4) is 0 Å². The molecule has 0 aliphatic carbocycles. The van der Waals surface area contributed by atoms with Gasteiger partial charge in [-0.1, -0.05) is 0 Å². The Hall–Kier alpha value is -0.630. The molecular weight excluding hydrogens is 300 g/mol. The minimum atomic E-state index is -3.47. The van der Waals surface area contributed by atoms with Gasteiger partial charge in [0.15, 0.2) is 0 Å². The molecule has 2 rings (SSSR count). The zero-order valence-corrected chi connectivity index (χ0v) is 14.2. The van der Waals surface area contributed by atoms with Gasteiger partial charge in [-0.3, -0.25) is 4.68 Å². The van der Waals surface area contributed by atoms with Crippen LogP contribution in [-0.4, -0.2) is 47.7 Å². The summed E-state index contributed by atoms with van der Waals surface area (Å²) in [7, 11) is -1.71. The lowest BCUT2D eigenvalue weighted by Crippen LogP contribution is -2.56. The molecule has 2 unspecified atom stereocenters. The molecule has 1 saturated heterocycles. The van der Waals surface area contributed by atoms with Crippen molar-refractivity contribution in [3.05, 3.63) is 11.4 Å². The average Bonchev–Trinajstić information content (AvgIpc) is 2.56. The van der Waals surface area contributed by atoms with Crippen LogP contribution in [-0.2, 0) is 17.1 Å². The lowest BCUT2D eigenvalue weighted by atomic mass is 10.2. The van der Waals surface area contributed by atoms with E-state index in [0.29, 0.717) is 29.4 Å². The lowest BCUT2D eigenvalue weighted by molar-refractivity contribution is 0.244. The van der Waals surface area contributed by atoms with Gasteiger partial charge in [0.2, 0.25) is 10.0 Å². The van der Waals surface area contributed by atoms with Crippen LogP contribution in [0.4, 0.5) is 0 Å². The van der Waals surface area contributed by atoms with Crippen molar-refractivity contribution in [3.8, 4) is 0 Å². The monoisotopic (exact) mass is 322 g/mol. The van der Waals surface area contributed by atoms with E-state index in [1.54, 1.807) is 29.9 Å². The van der Waals surface area contributed by atoms with Gasteiger partial charge in [0.05, 0.1) is 11.4 Å². The van der Waals surface area contributed by atoms with Crippen molar-refractivity contribution in [3.63, 3.8) is 0 Å². The lowest BCUT2D eigenvalue weighted by Gasteiger charge is -2.36. The van der Waals surface area contributed by atoms with Crippen LogP contribution in [0.25, 0.3) is 0 Å². The highest BCUT2D eigenvalue weighted by atomic mass is 35.5. The predicted molar refractivity (Wildman–Crippen MR) is 80.7 cm³/mol. The number of hydrogen-bond acceptors (Lipinski definition) is 4. The van der Waals surface area contributed by atoms with Crippen LogP contribution in [0.5, 0.6) is 0 Å². The molecule has 0 aromatic carbocycles. The summed E-state index contributed by atoms with van der Waals surface area (Å²) in [6, 6.07) is 0.128. The normalized spacial score (nSPS) is 24.4. The first-order valence-corrected chi connectivity index (χ1v) is 7.94. The van der Waals surface area contributed by atoms with E-state index in [-0.39, 0.29) is 24.5 Å². The van der Waals surface area contributed by atoms with E-state index >= 15 is 0 Å². The number of aryl methyl sites for hydroxylation is 2. The molecule has 6 nitrogen and oxygen atoms in total. The molecule has 0 amide bonds. The molecule has 0 saturated carbocycles. The number of nitrogens with one attached hydrogen (secondary N) is 1. The summed E-state index contributed by atoms with van der Waals surface area (Å²) in [6.07, 6.45) is 0. The maximum Gasteiger partial charge on any atom is 0.247 e. The minimum absolute atomic E-state index is 0. The summed E-state index contributed by atoms with van der Waals surface area (Å²) in [4.78, 5) is 0.357. The van der Waals surface area contributed by atoms with E-state index in [1.807, 2.05) is 13.8 Å². The number of sulfonamides is 1. The Kier molecular flexibility index (Phi) is 5.23. The number of halogens is 1. The molecule has 1 aromatic rings. The summed E-state index contributed by atoms with van der Waals surface area (Å²) in [5.74, 6) is 0. The molecule has 1 aliphatic rings. The molecule has 8 heteroatoms. The van der Waals surface area contributed by atoms with Gasteiger partial charge in [0.25, 0.3) is 0 Å². The molecule has 1 N–H and O–H groups in total. The third-order valence-corrected chi connectivity index (χ3v) is 5.95. The van der Waals surface area contributed by atoms with E-state index in [4.69, 9.17) is 0 Å². The average molecular weight is 323 g/mol. The quantitative estimate of drug-likeness (QED) is 0.876. The Bertz CT molecular complexity index is 585. The summed E-state index contributed by atoms with van der Waals surface area (Å²) >= 11 is 0. The highest BCUT2D eigenvalue weighted by Crippen LogP contribution is 2.25. The maximum absolute atomic E-state index is 12.8. The first-order chi connectivity index (χ1) is 8.75. The number of piperazine rings is 1. The van der Waals surface area contributed by atoms with E-state index in [0.717, 1.165) is 0 Å². The molecule has 0 bridgehead atoms. The van der Waals surface area contributed by atoms with Crippen LogP contribution in [0, 0.1) is 13.8 Å². The Balaban J connectivity index is 0.00000200. The van der Waals surface area contributed by atoms with Crippen LogP contribution in [0.15, 0.2) is 4.90 Å². The second-order valence-corrected chi connectivity index (χ2v) is 7.18. The van der Waals surface area contributed by atoms with Gasteiger partial charge < -0.3 is 5.32 Å². The fourth-order valence-electron chi connectivity index (χ4n) is 2.57. The van der Waals surface area contributed by atoms with Crippen molar-refractivity contribution in [2.24, 2.45) is 7.05 Å². The standard InChI is InChI=1S/C12H22N4O2S.ClH/c1-8-7-16(9(2)6-13-8)19(17,18)12-10(3)14-15(5)11(12)4;/h8-9,13H,6-7H2,1-5H3;1H. The first-order valence-electron chi connectivity index (χ1n) is 6.50. The van der Waals surface area contributed by atoms with Crippen LogP contribution >= 0.6 is 12.4 Å². The van der Waals surface area contributed by atoms with Gasteiger partial charge in [-0.2, -0.15) is 9.40 Å². The van der Waals surface area contributed by atoms with Crippen molar-refractivity contribution >= 4 is 22.4 Å². The minimum Gasteiger partial charge on any atom is -0.311 e. The number of nitrogens with zero attached hydrogens (tertiary/aromatic N) is 3.